The van der Waals surface area contributed by atoms with Crippen LogP contribution in [0.4, 0.5) is 0 Å². The molecule has 0 spiro atoms. The van der Waals surface area contributed by atoms with E-state index >= 15 is 0 Å². The molecule has 0 N–H and O–H groups in total. The second-order valence-electron chi connectivity index (χ2n) is 3.91. The van der Waals surface area contributed by atoms with E-state index in [2.05, 4.69) is 42.6 Å². The number of aromatic nitrogens is 2. The fourth-order valence-electron chi connectivity index (χ4n) is 0.908. The summed E-state index contributed by atoms with van der Waals surface area (Å²) in [6.07, 6.45) is 3.51. The van der Waals surface area contributed by atoms with Gasteiger partial charge in [-0.05, 0) is 12.8 Å². The molecule has 13 heavy (non-hydrogen) atoms. The molecular formula is C11H14N2. The van der Waals surface area contributed by atoms with Crippen LogP contribution in [0.25, 0.3) is 0 Å². The van der Waals surface area contributed by atoms with Crippen molar-refractivity contribution in [3.05, 3.63) is 23.8 Å². The summed E-state index contributed by atoms with van der Waals surface area (Å²) in [5, 5.41) is 0. The van der Waals surface area contributed by atoms with Crippen LogP contribution in [-0.2, 0) is 5.41 Å². The fraction of sp³-hybridized carbons (Fsp3) is 0.455. The van der Waals surface area contributed by atoms with Crippen molar-refractivity contribution in [2.45, 2.75) is 33.1 Å². The van der Waals surface area contributed by atoms with Gasteiger partial charge < -0.3 is 0 Å². The Morgan fingerprint density at radius 2 is 1.85 bits per heavy atom. The lowest BCUT2D eigenvalue weighted by molar-refractivity contribution is 0.565. The summed E-state index contributed by atoms with van der Waals surface area (Å²) < 4.78 is 0. The van der Waals surface area contributed by atoms with Crippen LogP contribution in [0.2, 0.25) is 0 Å². The van der Waals surface area contributed by atoms with Crippen LogP contribution in [0.3, 0.4) is 0 Å². The maximum atomic E-state index is 4.30. The molecule has 0 aromatic carbocycles. The van der Waals surface area contributed by atoms with E-state index in [4.69, 9.17) is 0 Å². The van der Waals surface area contributed by atoms with E-state index < -0.39 is 0 Å². The average molecular weight is 174 g/mol. The van der Waals surface area contributed by atoms with Crippen LogP contribution in [0.15, 0.2) is 12.4 Å². The predicted octanol–water partition coefficient (Wildman–Crippen LogP) is 2.15. The van der Waals surface area contributed by atoms with Crippen LogP contribution < -0.4 is 0 Å². The third-order valence-electron chi connectivity index (χ3n) is 1.67. The number of hydrogen-bond acceptors (Lipinski definition) is 2. The molecule has 0 fully saturated rings. The third kappa shape index (κ3) is 2.55. The van der Waals surface area contributed by atoms with Gasteiger partial charge in [-0.2, -0.15) is 0 Å². The highest BCUT2D eigenvalue weighted by molar-refractivity contribution is 5.25. The molecule has 1 rings (SSSR count). The van der Waals surface area contributed by atoms with E-state index in [0.29, 0.717) is 0 Å². The number of nitrogens with zero attached hydrogens (tertiary/aromatic N) is 2. The molecule has 0 aliphatic carbocycles. The number of rotatable bonds is 0. The van der Waals surface area contributed by atoms with E-state index in [0.717, 1.165) is 11.4 Å². The predicted molar refractivity (Wildman–Crippen MR) is 53.3 cm³/mol. The summed E-state index contributed by atoms with van der Waals surface area (Å²) in [7, 11) is 0. The Bertz CT molecular complexity index is 333. The molecule has 0 atom stereocenters. The van der Waals surface area contributed by atoms with Gasteiger partial charge in [-0.25, -0.2) is 4.98 Å². The van der Waals surface area contributed by atoms with Crippen molar-refractivity contribution in [2.24, 2.45) is 0 Å². The van der Waals surface area contributed by atoms with E-state index in [9.17, 15) is 0 Å². The normalized spacial score (nSPS) is 10.5. The van der Waals surface area contributed by atoms with Gasteiger partial charge in [0.15, 0.2) is 0 Å². The molecule has 2 heteroatoms. The summed E-state index contributed by atoms with van der Waals surface area (Å²) in [6.45, 7) is 8.13. The molecule has 2 nitrogen and oxygen atoms in total. The Labute approximate surface area is 79.4 Å². The second kappa shape index (κ2) is 3.57. The Morgan fingerprint density at radius 3 is 2.23 bits per heavy atom. The van der Waals surface area contributed by atoms with Gasteiger partial charge in [-0.15, -0.1) is 0 Å². The van der Waals surface area contributed by atoms with Gasteiger partial charge in [-0.3, -0.25) is 4.98 Å². The minimum atomic E-state index is 0.0607. The molecule has 68 valence electrons. The topological polar surface area (TPSA) is 25.8 Å². The standard InChI is InChI=1S/C11H14N2/c1-5-6-9-7-13-10(8-12-9)11(2,3)4/h7-8H,1-4H3. The van der Waals surface area contributed by atoms with Crippen molar-refractivity contribution in [3.63, 3.8) is 0 Å². The van der Waals surface area contributed by atoms with E-state index in [-0.39, 0.29) is 5.41 Å². The van der Waals surface area contributed by atoms with Crippen LogP contribution in [-0.4, -0.2) is 9.97 Å². The first-order valence-electron chi connectivity index (χ1n) is 4.29. The molecule has 0 radical (unpaired) electrons. The van der Waals surface area contributed by atoms with E-state index in [1.54, 1.807) is 19.3 Å². The first-order valence-corrected chi connectivity index (χ1v) is 4.29. The zero-order valence-electron chi connectivity index (χ0n) is 8.55. The van der Waals surface area contributed by atoms with Crippen molar-refractivity contribution in [2.75, 3.05) is 0 Å². The van der Waals surface area contributed by atoms with E-state index in [1.165, 1.54) is 0 Å². The van der Waals surface area contributed by atoms with Crippen LogP contribution in [0, 0.1) is 11.8 Å². The largest absolute Gasteiger partial charge is 0.256 e. The zero-order chi connectivity index (χ0) is 9.90. The first-order chi connectivity index (χ1) is 6.04. The van der Waals surface area contributed by atoms with Gasteiger partial charge >= 0.3 is 0 Å². The van der Waals surface area contributed by atoms with Gasteiger partial charge in [0.05, 0.1) is 18.1 Å². The molecule has 0 aliphatic heterocycles. The fourth-order valence-corrected chi connectivity index (χ4v) is 0.908. The van der Waals surface area contributed by atoms with Gasteiger partial charge in [-0.1, -0.05) is 26.7 Å². The summed E-state index contributed by atoms with van der Waals surface area (Å²) in [4.78, 5) is 8.50. The average Bonchev–Trinajstić information content (AvgIpc) is 2.04. The molecular weight excluding hydrogens is 160 g/mol. The Kier molecular flexibility index (Phi) is 2.67. The molecule has 0 bridgehead atoms. The second-order valence-corrected chi connectivity index (χ2v) is 3.91. The highest BCUT2D eigenvalue weighted by atomic mass is 14.8. The zero-order valence-corrected chi connectivity index (χ0v) is 8.55. The van der Waals surface area contributed by atoms with Gasteiger partial charge in [0.1, 0.15) is 5.69 Å². The Balaban J connectivity index is 2.98. The summed E-state index contributed by atoms with van der Waals surface area (Å²) in [5.74, 6) is 5.65. The first kappa shape index (κ1) is 9.73. The third-order valence-corrected chi connectivity index (χ3v) is 1.67. The summed E-state index contributed by atoms with van der Waals surface area (Å²) in [6, 6.07) is 0. The molecule has 0 aliphatic rings. The number of hydrogen-bond donors (Lipinski definition) is 0. The van der Waals surface area contributed by atoms with Crippen LogP contribution in [0.5, 0.6) is 0 Å². The maximum Gasteiger partial charge on any atom is 0.131 e. The lowest BCUT2D eigenvalue weighted by Gasteiger charge is -2.16. The maximum absolute atomic E-state index is 4.30. The molecule has 0 saturated carbocycles. The minimum absolute atomic E-state index is 0.0607. The highest BCUT2D eigenvalue weighted by Gasteiger charge is 2.14. The molecule has 0 amide bonds. The van der Waals surface area contributed by atoms with Gasteiger partial charge in [0.25, 0.3) is 0 Å². The molecule has 1 aromatic rings. The summed E-state index contributed by atoms with van der Waals surface area (Å²) >= 11 is 0. The Morgan fingerprint density at radius 1 is 1.15 bits per heavy atom. The van der Waals surface area contributed by atoms with Crippen molar-refractivity contribution >= 4 is 0 Å². The minimum Gasteiger partial charge on any atom is -0.256 e. The van der Waals surface area contributed by atoms with E-state index in [1.807, 2.05) is 0 Å². The SMILES string of the molecule is CC#Cc1cnc(C(C)(C)C)cn1. The summed E-state index contributed by atoms with van der Waals surface area (Å²) in [5.41, 5.74) is 1.79. The molecule has 0 unspecified atom stereocenters. The lowest BCUT2D eigenvalue weighted by atomic mass is 9.93. The smallest absolute Gasteiger partial charge is 0.131 e. The lowest BCUT2D eigenvalue weighted by Crippen LogP contribution is -2.13. The van der Waals surface area contributed by atoms with Crippen molar-refractivity contribution in [3.8, 4) is 11.8 Å². The van der Waals surface area contributed by atoms with Crippen LogP contribution in [0.1, 0.15) is 39.1 Å². The highest BCUT2D eigenvalue weighted by Crippen LogP contribution is 2.18. The van der Waals surface area contributed by atoms with Gasteiger partial charge in [0, 0.05) is 5.41 Å². The Hall–Kier alpha value is -1.36. The van der Waals surface area contributed by atoms with Crippen molar-refractivity contribution in [1.29, 1.82) is 0 Å². The van der Waals surface area contributed by atoms with Crippen molar-refractivity contribution in [1.82, 2.24) is 9.97 Å². The van der Waals surface area contributed by atoms with Crippen LogP contribution >= 0.6 is 0 Å². The van der Waals surface area contributed by atoms with Crippen molar-refractivity contribution < 1.29 is 0 Å². The molecule has 1 heterocycles. The monoisotopic (exact) mass is 174 g/mol. The quantitative estimate of drug-likeness (QED) is 0.563. The molecule has 0 saturated heterocycles. The van der Waals surface area contributed by atoms with Gasteiger partial charge in [0.2, 0.25) is 0 Å². The molecule has 1 aromatic heterocycles.